The maximum Gasteiger partial charge on any atom is 0.472 e. The summed E-state index contributed by atoms with van der Waals surface area (Å²) in [7, 11) is -4.74. The Bertz CT molecular complexity index is 1360. The van der Waals surface area contributed by atoms with Crippen LogP contribution in [0.3, 0.4) is 0 Å². The molecule has 0 aliphatic heterocycles. The lowest BCUT2D eigenvalue weighted by Crippen LogP contribution is -2.30. The summed E-state index contributed by atoms with van der Waals surface area (Å²) in [6, 6.07) is 0. The Morgan fingerprint density at radius 2 is 0.743 bits per heavy atom. The fourth-order valence-corrected chi connectivity index (χ4v) is 8.68. The largest absolute Gasteiger partial charge is 0.472 e. The fraction of sp³-hybridized carbons (Fsp3) is 0.810. The van der Waals surface area contributed by atoms with E-state index in [2.05, 4.69) is 69.4 Å². The van der Waals surface area contributed by atoms with Crippen LogP contribution in [-0.4, -0.2) is 66.5 Å². The maximum absolute atomic E-state index is 12.9. The van der Waals surface area contributed by atoms with Gasteiger partial charge in [-0.15, -0.1) is 0 Å². The van der Waals surface area contributed by atoms with Crippen LogP contribution in [0.4, 0.5) is 0 Å². The van der Waals surface area contributed by atoms with E-state index >= 15 is 0 Å². The third kappa shape index (κ3) is 50.4. The van der Waals surface area contributed by atoms with E-state index in [0.29, 0.717) is 19.3 Å². The van der Waals surface area contributed by atoms with Crippen LogP contribution in [0.25, 0.3) is 0 Å². The van der Waals surface area contributed by atoms with E-state index in [0.717, 1.165) is 109 Å². The molecule has 0 aromatic heterocycles. The quantitative estimate of drug-likeness (QED) is 0.0197. The first-order valence-electron chi connectivity index (χ1n) is 28.5. The van der Waals surface area contributed by atoms with Gasteiger partial charge >= 0.3 is 25.7 Å². The molecule has 12 heteroatoms. The van der Waals surface area contributed by atoms with Crippen molar-refractivity contribution in [1.29, 1.82) is 0 Å². The first-order chi connectivity index (χ1) is 34.2. The van der Waals surface area contributed by atoms with E-state index in [1.165, 1.54) is 96.3 Å². The van der Waals surface area contributed by atoms with Crippen LogP contribution in [0.15, 0.2) is 48.6 Å². The van der Waals surface area contributed by atoms with Gasteiger partial charge in [0, 0.05) is 19.3 Å². The van der Waals surface area contributed by atoms with E-state index in [-0.39, 0.29) is 25.9 Å². The Labute approximate surface area is 428 Å². The summed E-state index contributed by atoms with van der Waals surface area (Å²) in [5.74, 6) is -1.47. The van der Waals surface area contributed by atoms with Gasteiger partial charge < -0.3 is 24.2 Å². The number of hydrogen-bond acceptors (Lipinski definition) is 10. The summed E-state index contributed by atoms with van der Waals surface area (Å²) in [6.45, 7) is 4.52. The van der Waals surface area contributed by atoms with Crippen LogP contribution >= 0.6 is 7.82 Å². The number of unbranched alkanes of at least 4 members (excludes halogenated alkanes) is 28. The standard InChI is InChI=1S/C58H105O11P/c1-4-7-10-13-16-19-22-25-26-27-28-31-32-35-38-41-44-47-56(60)65-51-55(69-58(62)49-46-43-40-37-34-30-24-21-18-15-12-9-6-3)53-67-70(63,64)66-52-54(50-59)68-57(61)48-45-42-39-36-33-29-23-20-17-14-11-8-5-2/h7,10,16,19,21,24-26,54-55,59H,4-6,8-9,11-15,17-18,20,22-23,27-53H2,1-3H3,(H,63,64)/b10-7-,19-16-,24-21-,26-25-. The van der Waals surface area contributed by atoms with E-state index < -0.39 is 57.8 Å². The smallest absolute Gasteiger partial charge is 0.462 e. The average Bonchev–Trinajstić information content (AvgIpc) is 3.35. The molecule has 70 heavy (non-hydrogen) atoms. The first-order valence-corrected chi connectivity index (χ1v) is 30.0. The minimum atomic E-state index is -4.74. The minimum Gasteiger partial charge on any atom is -0.462 e. The van der Waals surface area contributed by atoms with Gasteiger partial charge in [-0.3, -0.25) is 23.4 Å². The summed E-state index contributed by atoms with van der Waals surface area (Å²) in [5, 5.41) is 9.80. The molecule has 0 bridgehead atoms. The molecule has 3 unspecified atom stereocenters. The van der Waals surface area contributed by atoms with Crippen molar-refractivity contribution >= 4 is 25.7 Å². The number of carbonyl (C=O) groups excluding carboxylic acids is 3. The van der Waals surface area contributed by atoms with Gasteiger partial charge in [0.1, 0.15) is 12.7 Å². The zero-order valence-corrected chi connectivity index (χ0v) is 45.9. The van der Waals surface area contributed by atoms with E-state index in [1.807, 2.05) is 0 Å². The highest BCUT2D eigenvalue weighted by Gasteiger charge is 2.28. The zero-order valence-electron chi connectivity index (χ0n) is 45.0. The molecule has 11 nitrogen and oxygen atoms in total. The molecule has 0 radical (unpaired) electrons. The molecule has 0 rings (SSSR count). The van der Waals surface area contributed by atoms with Crippen molar-refractivity contribution in [3.63, 3.8) is 0 Å². The number of rotatable bonds is 53. The molecule has 0 aliphatic rings. The predicted molar refractivity (Wildman–Crippen MR) is 289 cm³/mol. The Morgan fingerprint density at radius 1 is 0.414 bits per heavy atom. The zero-order chi connectivity index (χ0) is 51.3. The molecule has 0 fully saturated rings. The topological polar surface area (TPSA) is 155 Å². The third-order valence-corrected chi connectivity index (χ3v) is 13.2. The van der Waals surface area contributed by atoms with E-state index in [4.69, 9.17) is 23.3 Å². The van der Waals surface area contributed by atoms with Crippen LogP contribution < -0.4 is 0 Å². The van der Waals surface area contributed by atoms with Crippen molar-refractivity contribution in [2.24, 2.45) is 0 Å². The number of esters is 3. The summed E-state index contributed by atoms with van der Waals surface area (Å²) in [5.41, 5.74) is 0. The number of aliphatic hydroxyl groups is 1. The van der Waals surface area contributed by atoms with Gasteiger partial charge in [-0.1, -0.05) is 217 Å². The summed E-state index contributed by atoms with van der Waals surface area (Å²) >= 11 is 0. The second-order valence-electron chi connectivity index (χ2n) is 19.1. The lowest BCUT2D eigenvalue weighted by Gasteiger charge is -2.21. The van der Waals surface area contributed by atoms with Crippen molar-refractivity contribution in [2.45, 2.75) is 277 Å². The van der Waals surface area contributed by atoms with Crippen LogP contribution in [0, 0.1) is 0 Å². The van der Waals surface area contributed by atoms with Crippen molar-refractivity contribution in [1.82, 2.24) is 0 Å². The molecule has 3 atom stereocenters. The van der Waals surface area contributed by atoms with E-state index in [1.54, 1.807) is 0 Å². The summed E-state index contributed by atoms with van der Waals surface area (Å²) in [6.07, 6.45) is 54.9. The summed E-state index contributed by atoms with van der Waals surface area (Å²) in [4.78, 5) is 48.5. The fourth-order valence-electron chi connectivity index (χ4n) is 7.90. The molecule has 408 valence electrons. The average molecular weight is 1010 g/mol. The van der Waals surface area contributed by atoms with Gasteiger partial charge in [-0.25, -0.2) is 4.57 Å². The maximum atomic E-state index is 12.9. The molecule has 2 N–H and O–H groups in total. The molecular weight excluding hydrogens is 904 g/mol. The molecule has 0 saturated carbocycles. The van der Waals surface area contributed by atoms with Gasteiger partial charge in [0.15, 0.2) is 6.10 Å². The van der Waals surface area contributed by atoms with Crippen LogP contribution in [0.2, 0.25) is 0 Å². The lowest BCUT2D eigenvalue weighted by atomic mass is 10.0. The van der Waals surface area contributed by atoms with Crippen molar-refractivity contribution in [3.05, 3.63) is 48.6 Å². The van der Waals surface area contributed by atoms with Crippen molar-refractivity contribution in [2.75, 3.05) is 26.4 Å². The predicted octanol–water partition coefficient (Wildman–Crippen LogP) is 16.6. The highest BCUT2D eigenvalue weighted by atomic mass is 31.2. The Hall–Kier alpha value is -2.56. The van der Waals surface area contributed by atoms with Crippen molar-refractivity contribution in [3.8, 4) is 0 Å². The first kappa shape index (κ1) is 67.4. The number of allylic oxidation sites excluding steroid dienone is 8. The normalized spacial score (nSPS) is 13.7. The Balaban J connectivity index is 4.71. The van der Waals surface area contributed by atoms with Crippen LogP contribution in [0.5, 0.6) is 0 Å². The number of ether oxygens (including phenoxy) is 3. The second-order valence-corrected chi connectivity index (χ2v) is 20.5. The number of carbonyl (C=O) groups is 3. The van der Waals surface area contributed by atoms with Gasteiger partial charge in [0.2, 0.25) is 0 Å². The molecule has 0 saturated heterocycles. The monoisotopic (exact) mass is 1010 g/mol. The Morgan fingerprint density at radius 3 is 1.17 bits per heavy atom. The molecule has 0 amide bonds. The molecule has 0 spiro atoms. The molecule has 0 aromatic rings. The lowest BCUT2D eigenvalue weighted by molar-refractivity contribution is -0.161. The van der Waals surface area contributed by atoms with E-state index in [9.17, 15) is 28.9 Å². The SMILES string of the molecule is CC/C=C\C/C=C\C/C=C\CCCCCCCCCC(=O)OCC(COP(=O)(O)OCC(CO)OC(=O)CCCCCCCCCCCCCCC)OC(=O)CCCCCCC/C=C\CCCCCC. The highest BCUT2D eigenvalue weighted by molar-refractivity contribution is 7.47. The number of aliphatic hydroxyl groups excluding tert-OH is 1. The van der Waals surface area contributed by atoms with Gasteiger partial charge in [-0.05, 0) is 77.0 Å². The number of phosphoric ester groups is 1. The van der Waals surface area contributed by atoms with Gasteiger partial charge in [0.25, 0.3) is 0 Å². The van der Waals surface area contributed by atoms with Crippen LogP contribution in [-0.2, 0) is 42.2 Å². The highest BCUT2D eigenvalue weighted by Crippen LogP contribution is 2.43. The molecule has 0 aliphatic carbocycles. The van der Waals surface area contributed by atoms with Crippen LogP contribution in [0.1, 0.15) is 265 Å². The molecule has 0 aromatic carbocycles. The number of phosphoric acid groups is 1. The summed E-state index contributed by atoms with van der Waals surface area (Å²) < 4.78 is 39.5. The van der Waals surface area contributed by atoms with Crippen molar-refractivity contribution < 1.29 is 52.2 Å². The molecular formula is C58H105O11P. The number of hydrogen-bond donors (Lipinski definition) is 2. The Kier molecular flexibility index (Phi) is 50.8. The van der Waals surface area contributed by atoms with Gasteiger partial charge in [0.05, 0.1) is 19.8 Å². The minimum absolute atomic E-state index is 0.157. The van der Waals surface area contributed by atoms with Gasteiger partial charge in [-0.2, -0.15) is 0 Å². The third-order valence-electron chi connectivity index (χ3n) is 12.2. The second kappa shape index (κ2) is 52.8. The molecule has 0 heterocycles.